The first-order valence-electron chi connectivity index (χ1n) is 8.52. The van der Waals surface area contributed by atoms with Crippen LogP contribution in [0.15, 0.2) is 36.5 Å². The highest BCUT2D eigenvalue weighted by molar-refractivity contribution is 7.80. The molecule has 0 aliphatic carbocycles. The van der Waals surface area contributed by atoms with Crippen LogP contribution in [0.2, 0.25) is 0 Å². The summed E-state index contributed by atoms with van der Waals surface area (Å²) in [5.41, 5.74) is 2.09. The second-order valence-electron chi connectivity index (χ2n) is 6.76. The molecule has 1 aromatic carbocycles. The van der Waals surface area contributed by atoms with Crippen LogP contribution >= 0.6 is 12.2 Å². The van der Waals surface area contributed by atoms with Crippen LogP contribution in [0.1, 0.15) is 51.0 Å². The number of halogens is 1. The van der Waals surface area contributed by atoms with Crippen molar-refractivity contribution >= 4 is 17.1 Å². The van der Waals surface area contributed by atoms with E-state index in [0.29, 0.717) is 6.04 Å². The monoisotopic (exact) mass is 344 g/mol. The van der Waals surface area contributed by atoms with E-state index in [1.165, 1.54) is 12.1 Å². The van der Waals surface area contributed by atoms with Gasteiger partial charge in [-0.3, -0.25) is 0 Å². The Bertz CT molecular complexity index is 632. The molecule has 0 amide bonds. The number of likely N-dealkylation sites (tertiary alicyclic amines) is 1. The van der Waals surface area contributed by atoms with Crippen molar-refractivity contribution in [1.29, 1.82) is 5.26 Å². The summed E-state index contributed by atoms with van der Waals surface area (Å²) < 4.78 is 13.3. The lowest BCUT2D eigenvalue weighted by molar-refractivity contribution is 0.275. The van der Waals surface area contributed by atoms with Crippen molar-refractivity contribution < 1.29 is 4.39 Å². The van der Waals surface area contributed by atoms with Gasteiger partial charge in [-0.15, -0.1) is 0 Å². The van der Waals surface area contributed by atoms with Crippen LogP contribution in [0.5, 0.6) is 0 Å². The Morgan fingerprint density at radius 1 is 1.46 bits per heavy atom. The Balaban J connectivity index is 2.22. The first kappa shape index (κ1) is 18.6. The summed E-state index contributed by atoms with van der Waals surface area (Å²) in [7, 11) is 0. The van der Waals surface area contributed by atoms with Crippen molar-refractivity contribution in [3.63, 3.8) is 0 Å². The summed E-state index contributed by atoms with van der Waals surface area (Å²) in [5, 5.41) is 9.11. The Morgan fingerprint density at radius 2 is 2.12 bits per heavy atom. The summed E-state index contributed by atoms with van der Waals surface area (Å²) in [5.74, 6) is -0.120. The summed E-state index contributed by atoms with van der Waals surface area (Å²) in [6, 6.07) is 9.33. The van der Waals surface area contributed by atoms with E-state index in [1.807, 2.05) is 26.0 Å². The average Bonchev–Trinajstić information content (AvgIpc) is 3.00. The topological polar surface area (TPSA) is 27.0 Å². The number of nitriles is 1. The molecule has 2 rings (SSSR count). The minimum Gasteiger partial charge on any atom is -0.372 e. The Labute approximate surface area is 150 Å². The van der Waals surface area contributed by atoms with Crippen molar-refractivity contribution in [1.82, 2.24) is 4.90 Å². The molecule has 128 valence electrons. The number of allylic oxidation sites excluding steroid dienone is 1. The summed E-state index contributed by atoms with van der Waals surface area (Å²) in [6.07, 6.45) is 3.81. The maximum atomic E-state index is 13.3. The van der Waals surface area contributed by atoms with E-state index in [4.69, 9.17) is 17.5 Å². The van der Waals surface area contributed by atoms with Gasteiger partial charge >= 0.3 is 0 Å². The molecule has 3 unspecified atom stereocenters. The van der Waals surface area contributed by atoms with Crippen molar-refractivity contribution in [3.8, 4) is 6.07 Å². The second kappa shape index (κ2) is 8.39. The molecule has 0 N–H and O–H groups in total. The third kappa shape index (κ3) is 4.64. The minimum absolute atomic E-state index is 0.0416. The van der Waals surface area contributed by atoms with Gasteiger partial charge in [0.25, 0.3) is 0 Å². The third-order valence-electron chi connectivity index (χ3n) is 4.76. The van der Waals surface area contributed by atoms with Gasteiger partial charge in [-0.05, 0) is 62.1 Å². The van der Waals surface area contributed by atoms with Crippen LogP contribution in [0, 0.1) is 23.1 Å². The molecule has 4 heteroatoms. The largest absolute Gasteiger partial charge is 0.372 e. The molecule has 24 heavy (non-hydrogen) atoms. The molecule has 1 aliphatic heterocycles. The van der Waals surface area contributed by atoms with Crippen LogP contribution in [-0.4, -0.2) is 22.4 Å². The third-order valence-corrected chi connectivity index (χ3v) is 4.92. The van der Waals surface area contributed by atoms with E-state index in [2.05, 4.69) is 17.5 Å². The molecule has 0 spiro atoms. The van der Waals surface area contributed by atoms with Crippen LogP contribution < -0.4 is 0 Å². The van der Waals surface area contributed by atoms with Gasteiger partial charge in [0.15, 0.2) is 0 Å². The lowest BCUT2D eigenvalue weighted by Gasteiger charge is -2.34. The standard InChI is InChI=1S/C20H25FN2S/c1-14(13-22)11-19-5-4-10-23(19)16(3)20(12-15(2)24)17-6-8-18(21)9-7-17/h6-9,14,19-20H,3-5,10-12H2,1-2H3. The quantitative estimate of drug-likeness (QED) is 0.635. The van der Waals surface area contributed by atoms with E-state index in [0.717, 1.165) is 48.4 Å². The minimum atomic E-state index is -0.232. The second-order valence-corrected chi connectivity index (χ2v) is 7.45. The lowest BCUT2D eigenvalue weighted by Crippen LogP contribution is -2.32. The summed E-state index contributed by atoms with van der Waals surface area (Å²) in [4.78, 5) is 3.27. The highest BCUT2D eigenvalue weighted by Gasteiger charge is 2.30. The first-order valence-corrected chi connectivity index (χ1v) is 8.93. The number of hydrogen-bond donors (Lipinski definition) is 0. The van der Waals surface area contributed by atoms with Crippen molar-refractivity contribution in [2.24, 2.45) is 5.92 Å². The normalized spacial score (nSPS) is 19.6. The van der Waals surface area contributed by atoms with E-state index in [9.17, 15) is 4.39 Å². The maximum Gasteiger partial charge on any atom is 0.123 e. The molecule has 2 nitrogen and oxygen atoms in total. The predicted octanol–water partition coefficient (Wildman–Crippen LogP) is 5.22. The zero-order valence-corrected chi connectivity index (χ0v) is 15.3. The zero-order chi connectivity index (χ0) is 17.7. The number of nitrogens with zero attached hydrogens (tertiary/aromatic N) is 2. The number of rotatable bonds is 7. The molecule has 1 aliphatic rings. The molecule has 0 saturated carbocycles. The van der Waals surface area contributed by atoms with Crippen LogP contribution in [0.4, 0.5) is 4.39 Å². The molecule has 1 heterocycles. The van der Waals surface area contributed by atoms with Gasteiger partial charge in [0.1, 0.15) is 5.82 Å². The van der Waals surface area contributed by atoms with E-state index >= 15 is 0 Å². The Hall–Kier alpha value is -1.73. The van der Waals surface area contributed by atoms with Crippen LogP contribution in [0.3, 0.4) is 0 Å². The maximum absolute atomic E-state index is 13.3. The molecule has 0 radical (unpaired) electrons. The molecule has 0 aromatic heterocycles. The molecule has 1 aromatic rings. The highest BCUT2D eigenvalue weighted by atomic mass is 32.1. The number of hydrogen-bond acceptors (Lipinski definition) is 3. The summed E-state index contributed by atoms with van der Waals surface area (Å²) >= 11 is 5.33. The average molecular weight is 344 g/mol. The van der Waals surface area contributed by atoms with E-state index in [1.54, 1.807) is 0 Å². The lowest BCUT2D eigenvalue weighted by atomic mass is 9.90. The van der Waals surface area contributed by atoms with E-state index in [-0.39, 0.29) is 17.7 Å². The number of benzene rings is 1. The molecular formula is C20H25FN2S. The van der Waals surface area contributed by atoms with Crippen molar-refractivity contribution in [2.45, 2.75) is 51.5 Å². The van der Waals surface area contributed by atoms with Crippen molar-refractivity contribution in [2.75, 3.05) is 6.54 Å². The van der Waals surface area contributed by atoms with Gasteiger partial charge in [-0.1, -0.05) is 30.9 Å². The number of thiocarbonyl (C=S) groups is 1. The molecule has 1 saturated heterocycles. The molecular weight excluding hydrogens is 319 g/mol. The smallest absolute Gasteiger partial charge is 0.123 e. The van der Waals surface area contributed by atoms with Gasteiger partial charge in [0.05, 0.1) is 6.07 Å². The predicted molar refractivity (Wildman–Crippen MR) is 100 cm³/mol. The van der Waals surface area contributed by atoms with Crippen LogP contribution in [-0.2, 0) is 0 Å². The van der Waals surface area contributed by atoms with Gasteiger partial charge in [-0.25, -0.2) is 4.39 Å². The van der Waals surface area contributed by atoms with E-state index < -0.39 is 0 Å². The highest BCUT2D eigenvalue weighted by Crippen LogP contribution is 2.35. The fourth-order valence-corrected chi connectivity index (χ4v) is 3.70. The zero-order valence-electron chi connectivity index (χ0n) is 14.5. The van der Waals surface area contributed by atoms with Gasteiger partial charge < -0.3 is 4.90 Å². The fourth-order valence-electron chi connectivity index (χ4n) is 3.53. The SMILES string of the molecule is C=C(C(CC(C)=S)c1ccc(F)cc1)N1CCCC1CC(C)C#N. The fraction of sp³-hybridized carbons (Fsp3) is 0.500. The van der Waals surface area contributed by atoms with Crippen LogP contribution in [0.25, 0.3) is 0 Å². The molecule has 0 bridgehead atoms. The van der Waals surface area contributed by atoms with Gasteiger partial charge in [0, 0.05) is 30.1 Å². The Kier molecular flexibility index (Phi) is 6.51. The molecule has 1 fully saturated rings. The van der Waals surface area contributed by atoms with Gasteiger partial charge in [-0.2, -0.15) is 5.26 Å². The summed E-state index contributed by atoms with van der Waals surface area (Å²) in [6.45, 7) is 9.24. The Morgan fingerprint density at radius 3 is 2.71 bits per heavy atom. The first-order chi connectivity index (χ1) is 11.4. The van der Waals surface area contributed by atoms with Gasteiger partial charge in [0.2, 0.25) is 0 Å². The van der Waals surface area contributed by atoms with Crippen molar-refractivity contribution in [3.05, 3.63) is 47.9 Å². The molecule has 3 atom stereocenters.